The number of rotatable bonds is 14. The quantitative estimate of drug-likeness (QED) is 0.160. The average molecular weight is 487 g/mol. The molecule has 0 aliphatic heterocycles. The number of unbranched alkanes of at least 4 members (excludes halogenated alkanes) is 3. The third-order valence-corrected chi connectivity index (χ3v) is 7.76. The van der Waals surface area contributed by atoms with Crippen LogP contribution in [0.5, 0.6) is 0 Å². The van der Waals surface area contributed by atoms with Gasteiger partial charge in [0.05, 0.1) is 13.2 Å². The highest BCUT2D eigenvalue weighted by molar-refractivity contribution is 9.09. The van der Waals surface area contributed by atoms with Gasteiger partial charge in [0.1, 0.15) is 5.78 Å². The van der Waals surface area contributed by atoms with E-state index in [2.05, 4.69) is 26.7 Å². The molecule has 2 aliphatic rings. The number of aliphatic hydroxyl groups is 2. The number of ether oxygens (including phenoxy) is 1. The van der Waals surface area contributed by atoms with E-state index in [1.807, 2.05) is 6.08 Å². The second-order valence-corrected chi connectivity index (χ2v) is 9.94. The number of methoxy groups -OCH3 is 1. The predicted molar refractivity (Wildman–Crippen MR) is 121 cm³/mol. The molecule has 6 heteroatoms. The Bertz CT molecular complexity index is 572. The number of allylic oxidation sites excluding steroid dienone is 1. The summed E-state index contributed by atoms with van der Waals surface area (Å²) in [5, 5.41) is 21.5. The molecular weight excluding hydrogens is 448 g/mol. The maximum atomic E-state index is 12.4. The smallest absolute Gasteiger partial charge is 0.334 e. The summed E-state index contributed by atoms with van der Waals surface area (Å²) in [6, 6.07) is 0. The summed E-state index contributed by atoms with van der Waals surface area (Å²) in [6.45, 7) is 0. The van der Waals surface area contributed by atoms with Crippen molar-refractivity contribution in [1.29, 1.82) is 0 Å². The van der Waals surface area contributed by atoms with Gasteiger partial charge in [0.15, 0.2) is 6.10 Å². The van der Waals surface area contributed by atoms with Crippen molar-refractivity contribution in [3.63, 3.8) is 0 Å². The fourth-order valence-corrected chi connectivity index (χ4v) is 5.42. The van der Waals surface area contributed by atoms with Crippen LogP contribution in [0.2, 0.25) is 0 Å². The summed E-state index contributed by atoms with van der Waals surface area (Å²) in [7, 11) is 1.28. The first kappa shape index (κ1) is 25.5. The molecule has 0 heterocycles. The first-order valence-electron chi connectivity index (χ1n) is 11.6. The average Bonchev–Trinajstić information content (AvgIpc) is 3.06. The van der Waals surface area contributed by atoms with Crippen molar-refractivity contribution in [2.24, 2.45) is 17.3 Å². The number of esters is 1. The summed E-state index contributed by atoms with van der Waals surface area (Å²) in [4.78, 5) is 23.6. The lowest BCUT2D eigenvalue weighted by Crippen LogP contribution is -2.40. The first-order valence-corrected chi connectivity index (χ1v) is 12.8. The molecule has 2 fully saturated rings. The normalized spacial score (nSPS) is 25.3. The molecule has 5 nitrogen and oxygen atoms in total. The van der Waals surface area contributed by atoms with Crippen molar-refractivity contribution in [3.8, 4) is 0 Å². The number of hydrogen-bond donors (Lipinski definition) is 2. The van der Waals surface area contributed by atoms with Gasteiger partial charge in [-0.1, -0.05) is 60.2 Å². The molecule has 30 heavy (non-hydrogen) atoms. The van der Waals surface area contributed by atoms with E-state index in [9.17, 15) is 19.8 Å². The van der Waals surface area contributed by atoms with Crippen LogP contribution in [-0.2, 0) is 14.3 Å². The lowest BCUT2D eigenvalue weighted by Gasteiger charge is -2.45. The molecule has 0 radical (unpaired) electrons. The van der Waals surface area contributed by atoms with Gasteiger partial charge in [-0.2, -0.15) is 0 Å². The monoisotopic (exact) mass is 486 g/mol. The molecule has 0 aromatic rings. The number of halogens is 1. The van der Waals surface area contributed by atoms with Crippen molar-refractivity contribution in [2.45, 2.75) is 95.7 Å². The second-order valence-electron chi connectivity index (χ2n) is 9.14. The van der Waals surface area contributed by atoms with Crippen LogP contribution < -0.4 is 0 Å². The van der Waals surface area contributed by atoms with Gasteiger partial charge < -0.3 is 14.9 Å². The SMILES string of the molecule is COC(=O)C(O)CCCCC[C@H]1C(=O)CC[C@@H]1C=C[C@@H](O)C1(CCCCBr)CCC1. The maximum absolute atomic E-state index is 12.4. The van der Waals surface area contributed by atoms with Crippen molar-refractivity contribution < 1.29 is 24.5 Å². The van der Waals surface area contributed by atoms with Crippen LogP contribution in [0.25, 0.3) is 0 Å². The Kier molecular flexibility index (Phi) is 11.0. The van der Waals surface area contributed by atoms with E-state index in [1.54, 1.807) is 0 Å². The van der Waals surface area contributed by atoms with Crippen molar-refractivity contribution in [2.75, 3.05) is 12.4 Å². The molecule has 0 aromatic heterocycles. The number of carbonyl (C=O) groups excluding carboxylic acids is 2. The van der Waals surface area contributed by atoms with E-state index in [-0.39, 0.29) is 17.3 Å². The molecule has 1 unspecified atom stereocenters. The number of ketones is 1. The molecule has 0 saturated heterocycles. The number of aliphatic hydroxyl groups excluding tert-OH is 2. The Morgan fingerprint density at radius 2 is 2.00 bits per heavy atom. The van der Waals surface area contributed by atoms with Gasteiger partial charge in [0.25, 0.3) is 0 Å². The molecule has 0 aromatic carbocycles. The van der Waals surface area contributed by atoms with E-state index in [0.717, 1.165) is 69.5 Å². The van der Waals surface area contributed by atoms with Gasteiger partial charge in [0, 0.05) is 17.7 Å². The Morgan fingerprint density at radius 3 is 2.63 bits per heavy atom. The van der Waals surface area contributed by atoms with E-state index >= 15 is 0 Å². The summed E-state index contributed by atoms with van der Waals surface area (Å²) in [6.07, 6.45) is 14.7. The summed E-state index contributed by atoms with van der Waals surface area (Å²) in [5.74, 6) is 0.0303. The van der Waals surface area contributed by atoms with Crippen molar-refractivity contribution in [3.05, 3.63) is 12.2 Å². The highest BCUT2D eigenvalue weighted by atomic mass is 79.9. The van der Waals surface area contributed by atoms with Gasteiger partial charge >= 0.3 is 5.97 Å². The number of alkyl halides is 1. The Balaban J connectivity index is 1.77. The summed E-state index contributed by atoms with van der Waals surface area (Å²) < 4.78 is 4.52. The molecular formula is C24H39BrO5. The lowest BCUT2D eigenvalue weighted by molar-refractivity contribution is -0.150. The largest absolute Gasteiger partial charge is 0.467 e. The van der Waals surface area contributed by atoms with Crippen molar-refractivity contribution >= 4 is 27.7 Å². The third-order valence-electron chi connectivity index (χ3n) is 7.20. The molecule has 2 aliphatic carbocycles. The molecule has 4 atom stereocenters. The molecule has 2 N–H and O–H groups in total. The van der Waals surface area contributed by atoms with E-state index < -0.39 is 18.2 Å². The van der Waals surface area contributed by atoms with Crippen LogP contribution in [0, 0.1) is 17.3 Å². The molecule has 2 rings (SSSR count). The maximum Gasteiger partial charge on any atom is 0.334 e. The topological polar surface area (TPSA) is 83.8 Å². The minimum atomic E-state index is -1.05. The zero-order valence-corrected chi connectivity index (χ0v) is 19.9. The zero-order chi connectivity index (χ0) is 22.0. The minimum Gasteiger partial charge on any atom is -0.467 e. The molecule has 172 valence electrons. The third kappa shape index (κ3) is 7.16. The summed E-state index contributed by atoms with van der Waals surface area (Å²) in [5.41, 5.74) is 0.0528. The lowest BCUT2D eigenvalue weighted by atomic mass is 9.62. The van der Waals surface area contributed by atoms with Crippen LogP contribution in [0.1, 0.15) is 83.5 Å². The highest BCUT2D eigenvalue weighted by Crippen LogP contribution is 2.48. The van der Waals surface area contributed by atoms with Gasteiger partial charge in [0.2, 0.25) is 0 Å². The zero-order valence-electron chi connectivity index (χ0n) is 18.4. The first-order chi connectivity index (χ1) is 14.4. The minimum absolute atomic E-state index is 0.0460. The second kappa shape index (κ2) is 13.0. The van der Waals surface area contributed by atoms with E-state index in [1.165, 1.54) is 13.5 Å². The number of carbonyl (C=O) groups is 2. The van der Waals surface area contributed by atoms with Crippen LogP contribution in [0.4, 0.5) is 0 Å². The standard InChI is InChI=1S/C24H39BrO5/c1-30-23(29)21(27)9-4-2-3-8-19-18(10-12-20(19)26)11-13-22(28)24(15-7-16-24)14-5-6-17-25/h11,13,18-19,21-22,27-28H,2-10,12,14-17H2,1H3/t18-,19-,21?,22-/m1/s1. The Hall–Kier alpha value is -0.720. The van der Waals surface area contributed by atoms with E-state index in [0.29, 0.717) is 18.6 Å². The number of hydrogen-bond acceptors (Lipinski definition) is 5. The molecule has 2 saturated carbocycles. The number of Topliss-reactive ketones (excluding diaryl/α,β-unsaturated/α-hetero) is 1. The molecule has 0 spiro atoms. The fraction of sp³-hybridized carbons (Fsp3) is 0.833. The predicted octanol–water partition coefficient (Wildman–Crippen LogP) is 4.72. The Labute approximate surface area is 189 Å². The fourth-order valence-electron chi connectivity index (χ4n) is 5.02. The molecule has 0 amide bonds. The van der Waals surface area contributed by atoms with E-state index in [4.69, 9.17) is 0 Å². The van der Waals surface area contributed by atoms with Gasteiger partial charge in [-0.25, -0.2) is 4.79 Å². The van der Waals surface area contributed by atoms with Gasteiger partial charge in [-0.3, -0.25) is 4.79 Å². The van der Waals surface area contributed by atoms with Crippen LogP contribution in [-0.4, -0.2) is 46.6 Å². The Morgan fingerprint density at radius 1 is 1.23 bits per heavy atom. The highest BCUT2D eigenvalue weighted by Gasteiger charge is 2.42. The van der Waals surface area contributed by atoms with Crippen LogP contribution in [0.3, 0.4) is 0 Å². The van der Waals surface area contributed by atoms with Crippen molar-refractivity contribution in [1.82, 2.24) is 0 Å². The van der Waals surface area contributed by atoms with Gasteiger partial charge in [-0.05, 0) is 56.3 Å². The van der Waals surface area contributed by atoms with Crippen LogP contribution >= 0.6 is 15.9 Å². The van der Waals surface area contributed by atoms with Crippen LogP contribution in [0.15, 0.2) is 12.2 Å². The summed E-state index contributed by atoms with van der Waals surface area (Å²) >= 11 is 3.49. The van der Waals surface area contributed by atoms with Gasteiger partial charge in [-0.15, -0.1) is 0 Å². The molecule has 0 bridgehead atoms.